The van der Waals surface area contributed by atoms with E-state index < -0.39 is 0 Å². The van der Waals surface area contributed by atoms with Gasteiger partial charge in [-0.2, -0.15) is 0 Å². The molecule has 0 aliphatic rings. The first-order valence-electron chi connectivity index (χ1n) is 6.63. The van der Waals surface area contributed by atoms with Crippen LogP contribution < -0.4 is 5.56 Å². The summed E-state index contributed by atoms with van der Waals surface area (Å²) in [7, 11) is 1.88. The minimum absolute atomic E-state index is 0.150. The molecule has 0 unspecified atom stereocenters. The molecule has 0 fully saturated rings. The Kier molecular flexibility index (Phi) is 2.41. The van der Waals surface area contributed by atoms with E-state index in [1.54, 1.807) is 17.1 Å². The lowest BCUT2D eigenvalue weighted by atomic mass is 10.2. The van der Waals surface area contributed by atoms with E-state index in [4.69, 9.17) is 0 Å². The summed E-state index contributed by atoms with van der Waals surface area (Å²) >= 11 is 0. The molecule has 4 rings (SSSR count). The second-order valence-electron chi connectivity index (χ2n) is 4.90. The molecule has 102 valence electrons. The average Bonchev–Trinajstić information content (AvgIpc) is 2.91. The molecule has 0 saturated carbocycles. The van der Waals surface area contributed by atoms with Crippen LogP contribution in [0.3, 0.4) is 0 Å². The molecule has 0 amide bonds. The Morgan fingerprint density at radius 1 is 1.00 bits per heavy atom. The van der Waals surface area contributed by atoms with Gasteiger partial charge in [0.2, 0.25) is 0 Å². The fraction of sp³-hybridized carbons (Fsp3) is 0.0625. The lowest BCUT2D eigenvalue weighted by molar-refractivity contribution is 0.950. The standard InChI is InChI=1S/C16H12N4O/c1-19-10-18-13-14(19)12-8-5-9-17-15(12)20(16(13)21)11-6-3-2-4-7-11/h2-10H,1H3. The highest BCUT2D eigenvalue weighted by Gasteiger charge is 2.15. The third-order valence-corrected chi connectivity index (χ3v) is 3.61. The van der Waals surface area contributed by atoms with E-state index in [2.05, 4.69) is 9.97 Å². The van der Waals surface area contributed by atoms with Crippen LogP contribution in [-0.4, -0.2) is 19.1 Å². The zero-order valence-corrected chi connectivity index (χ0v) is 11.4. The number of benzene rings is 1. The topological polar surface area (TPSA) is 52.7 Å². The summed E-state index contributed by atoms with van der Waals surface area (Å²) in [5.41, 5.74) is 2.56. The summed E-state index contributed by atoms with van der Waals surface area (Å²) in [6.07, 6.45) is 3.36. The van der Waals surface area contributed by atoms with Crippen molar-refractivity contribution in [3.05, 3.63) is 65.3 Å². The smallest absolute Gasteiger partial charge is 0.284 e. The lowest BCUT2D eigenvalue weighted by Crippen LogP contribution is -2.20. The molecule has 4 aromatic rings. The van der Waals surface area contributed by atoms with Crippen LogP contribution >= 0.6 is 0 Å². The van der Waals surface area contributed by atoms with Gasteiger partial charge in [0.1, 0.15) is 5.65 Å². The Labute approximate surface area is 120 Å². The Morgan fingerprint density at radius 3 is 2.62 bits per heavy atom. The first kappa shape index (κ1) is 11.8. The highest BCUT2D eigenvalue weighted by Crippen LogP contribution is 2.22. The Hall–Kier alpha value is -2.95. The van der Waals surface area contributed by atoms with E-state index in [1.165, 1.54) is 0 Å². The molecule has 0 bridgehead atoms. The van der Waals surface area contributed by atoms with E-state index in [0.29, 0.717) is 11.2 Å². The second kappa shape index (κ2) is 4.28. The monoisotopic (exact) mass is 276 g/mol. The molecule has 21 heavy (non-hydrogen) atoms. The van der Waals surface area contributed by atoms with Crippen molar-refractivity contribution in [3.8, 4) is 5.69 Å². The molecular formula is C16H12N4O. The average molecular weight is 276 g/mol. The van der Waals surface area contributed by atoms with Gasteiger partial charge in [0.25, 0.3) is 5.56 Å². The van der Waals surface area contributed by atoms with Crippen molar-refractivity contribution >= 4 is 22.1 Å². The molecule has 3 heterocycles. The van der Waals surface area contributed by atoms with E-state index in [0.717, 1.165) is 16.6 Å². The van der Waals surface area contributed by atoms with E-state index in [1.807, 2.05) is 54.1 Å². The van der Waals surface area contributed by atoms with Gasteiger partial charge in [-0.05, 0) is 24.3 Å². The maximum atomic E-state index is 12.8. The first-order valence-corrected chi connectivity index (χ1v) is 6.63. The number of hydrogen-bond acceptors (Lipinski definition) is 3. The van der Waals surface area contributed by atoms with E-state index >= 15 is 0 Å². The molecule has 0 radical (unpaired) electrons. The van der Waals surface area contributed by atoms with Crippen LogP contribution in [0.5, 0.6) is 0 Å². The molecule has 0 aliphatic carbocycles. The molecule has 3 aromatic heterocycles. The fourth-order valence-corrected chi connectivity index (χ4v) is 2.68. The molecule has 0 atom stereocenters. The molecule has 5 heteroatoms. The maximum absolute atomic E-state index is 12.8. The SMILES string of the molecule is Cn1cnc2c(=O)n(-c3ccccc3)c3ncccc3c21. The number of rotatable bonds is 1. The van der Waals surface area contributed by atoms with Crippen LogP contribution in [0.4, 0.5) is 0 Å². The van der Waals surface area contributed by atoms with Gasteiger partial charge in [-0.15, -0.1) is 0 Å². The lowest BCUT2D eigenvalue weighted by Gasteiger charge is -2.10. The van der Waals surface area contributed by atoms with Crippen molar-refractivity contribution in [2.24, 2.45) is 7.05 Å². The third-order valence-electron chi connectivity index (χ3n) is 3.61. The number of nitrogens with zero attached hydrogens (tertiary/aromatic N) is 4. The van der Waals surface area contributed by atoms with Gasteiger partial charge in [0.05, 0.1) is 17.5 Å². The largest absolute Gasteiger partial charge is 0.333 e. The van der Waals surface area contributed by atoms with Crippen molar-refractivity contribution in [2.45, 2.75) is 0 Å². The summed E-state index contributed by atoms with van der Waals surface area (Å²) in [5.74, 6) is 0. The zero-order chi connectivity index (χ0) is 14.4. The summed E-state index contributed by atoms with van der Waals surface area (Å²) in [4.78, 5) is 21.5. The summed E-state index contributed by atoms with van der Waals surface area (Å²) in [5, 5.41) is 0.913. The third kappa shape index (κ3) is 1.61. The van der Waals surface area contributed by atoms with E-state index in [9.17, 15) is 4.79 Å². The molecule has 0 aliphatic heterocycles. The highest BCUT2D eigenvalue weighted by molar-refractivity contribution is 6.01. The highest BCUT2D eigenvalue weighted by atomic mass is 16.1. The zero-order valence-electron chi connectivity index (χ0n) is 11.4. The van der Waals surface area contributed by atoms with Crippen molar-refractivity contribution in [1.82, 2.24) is 19.1 Å². The number of para-hydroxylation sites is 1. The van der Waals surface area contributed by atoms with Crippen molar-refractivity contribution in [2.75, 3.05) is 0 Å². The second-order valence-corrected chi connectivity index (χ2v) is 4.90. The molecular weight excluding hydrogens is 264 g/mol. The van der Waals surface area contributed by atoms with Crippen LogP contribution in [0.2, 0.25) is 0 Å². The fourth-order valence-electron chi connectivity index (χ4n) is 2.68. The molecule has 1 aromatic carbocycles. The number of imidazole rings is 1. The van der Waals surface area contributed by atoms with Gasteiger partial charge in [0, 0.05) is 18.6 Å². The maximum Gasteiger partial charge on any atom is 0.284 e. The number of aromatic nitrogens is 4. The predicted molar refractivity (Wildman–Crippen MR) is 81.6 cm³/mol. The van der Waals surface area contributed by atoms with Crippen LogP contribution in [0.1, 0.15) is 0 Å². The van der Waals surface area contributed by atoms with Gasteiger partial charge in [0.15, 0.2) is 5.52 Å². The summed E-state index contributed by atoms with van der Waals surface area (Å²) in [6, 6.07) is 13.3. The number of pyridine rings is 2. The molecule has 0 spiro atoms. The van der Waals surface area contributed by atoms with Crippen molar-refractivity contribution < 1.29 is 0 Å². The van der Waals surface area contributed by atoms with Gasteiger partial charge in [-0.3, -0.25) is 9.36 Å². The van der Waals surface area contributed by atoms with Crippen LogP contribution in [0.15, 0.2) is 59.8 Å². The van der Waals surface area contributed by atoms with Gasteiger partial charge in [-0.25, -0.2) is 9.97 Å². The Morgan fingerprint density at radius 2 is 1.81 bits per heavy atom. The number of aryl methyl sites for hydroxylation is 1. The minimum atomic E-state index is -0.150. The van der Waals surface area contributed by atoms with Gasteiger partial charge >= 0.3 is 0 Å². The predicted octanol–water partition coefficient (Wildman–Crippen LogP) is 2.27. The number of fused-ring (bicyclic) bond motifs is 3. The molecule has 0 N–H and O–H groups in total. The molecule has 5 nitrogen and oxygen atoms in total. The van der Waals surface area contributed by atoms with E-state index in [-0.39, 0.29) is 5.56 Å². The quantitative estimate of drug-likeness (QED) is 0.536. The van der Waals surface area contributed by atoms with Crippen LogP contribution in [-0.2, 0) is 7.05 Å². The van der Waals surface area contributed by atoms with Gasteiger partial charge in [-0.1, -0.05) is 18.2 Å². The van der Waals surface area contributed by atoms with Crippen molar-refractivity contribution in [1.29, 1.82) is 0 Å². The van der Waals surface area contributed by atoms with Crippen LogP contribution in [0, 0.1) is 0 Å². The summed E-state index contributed by atoms with van der Waals surface area (Å²) < 4.78 is 3.47. The normalized spacial score (nSPS) is 11.3. The van der Waals surface area contributed by atoms with Crippen molar-refractivity contribution in [3.63, 3.8) is 0 Å². The Balaban J connectivity index is 2.30. The first-order chi connectivity index (χ1) is 10.3. The molecule has 0 saturated heterocycles. The Bertz CT molecular complexity index is 1010. The van der Waals surface area contributed by atoms with Crippen LogP contribution in [0.25, 0.3) is 27.8 Å². The van der Waals surface area contributed by atoms with Gasteiger partial charge < -0.3 is 4.57 Å². The minimum Gasteiger partial charge on any atom is -0.333 e. The summed E-state index contributed by atoms with van der Waals surface area (Å²) in [6.45, 7) is 0. The number of hydrogen-bond donors (Lipinski definition) is 0.